The van der Waals surface area contributed by atoms with Crippen LogP contribution in [0.1, 0.15) is 12.8 Å². The summed E-state index contributed by atoms with van der Waals surface area (Å²) < 4.78 is 12.1. The third-order valence-electron chi connectivity index (χ3n) is 2.69. The van der Waals surface area contributed by atoms with Gasteiger partial charge in [0.2, 0.25) is 0 Å². The number of pyridine rings is 1. The van der Waals surface area contributed by atoms with Crippen molar-refractivity contribution in [3.63, 3.8) is 0 Å². The molecular formula is C10H13N3O3S. The van der Waals surface area contributed by atoms with E-state index >= 15 is 0 Å². The van der Waals surface area contributed by atoms with E-state index in [4.69, 9.17) is 0 Å². The first-order valence-corrected chi connectivity index (χ1v) is 6.61. The number of nitro groups is 1. The average Bonchev–Trinajstić information content (AvgIpc) is 2.39. The molecule has 7 heteroatoms. The van der Waals surface area contributed by atoms with Gasteiger partial charge in [-0.3, -0.25) is 14.3 Å². The molecule has 2 rings (SSSR count). The van der Waals surface area contributed by atoms with Gasteiger partial charge in [-0.25, -0.2) is 4.98 Å². The lowest BCUT2D eigenvalue weighted by atomic mass is 10.2. The molecular weight excluding hydrogens is 242 g/mol. The number of hydrogen-bond donors (Lipinski definition) is 1. The van der Waals surface area contributed by atoms with Crippen LogP contribution < -0.4 is 5.32 Å². The molecule has 1 aromatic heterocycles. The maximum atomic E-state index is 12.1. The van der Waals surface area contributed by atoms with E-state index < -0.39 is 15.7 Å². The Labute approximate surface area is 101 Å². The molecule has 92 valence electrons. The number of aromatic nitrogens is 1. The Kier molecular flexibility index (Phi) is 3.80. The Morgan fingerprint density at radius 2 is 2.35 bits per heavy atom. The second-order valence-electron chi connectivity index (χ2n) is 3.88. The zero-order valence-electron chi connectivity index (χ0n) is 9.17. The quantitative estimate of drug-likeness (QED) is 0.639. The Bertz CT molecular complexity index is 429. The molecule has 0 bridgehead atoms. The Morgan fingerprint density at radius 1 is 1.53 bits per heavy atom. The second-order valence-corrected chi connectivity index (χ2v) is 5.56. The highest BCUT2D eigenvalue weighted by molar-refractivity contribution is 7.85. The van der Waals surface area contributed by atoms with Gasteiger partial charge in [-0.15, -0.1) is 0 Å². The van der Waals surface area contributed by atoms with Gasteiger partial charge in [0.15, 0.2) is 0 Å². The molecule has 2 atom stereocenters. The molecule has 1 aromatic rings. The van der Waals surface area contributed by atoms with Crippen LogP contribution in [-0.2, 0) is 10.8 Å². The summed E-state index contributed by atoms with van der Waals surface area (Å²) in [5, 5.41) is 14.1. The molecule has 0 unspecified atom stereocenters. The van der Waals surface area contributed by atoms with Crippen LogP contribution in [0.3, 0.4) is 0 Å². The summed E-state index contributed by atoms with van der Waals surface area (Å²) in [5.74, 6) is 0. The number of piperidine rings is 1. The first-order valence-electron chi connectivity index (χ1n) is 5.40. The molecule has 0 aromatic carbocycles. The average molecular weight is 255 g/mol. The zero-order chi connectivity index (χ0) is 12.3. The predicted molar refractivity (Wildman–Crippen MR) is 63.2 cm³/mol. The van der Waals surface area contributed by atoms with Gasteiger partial charge in [0.05, 0.1) is 21.0 Å². The SMILES string of the molecule is O=[N+]([O-])c1ccc([S@@](=O)[C@H]2CCCNC2)nc1. The topological polar surface area (TPSA) is 85.1 Å². The summed E-state index contributed by atoms with van der Waals surface area (Å²) in [5.41, 5.74) is -0.0764. The van der Waals surface area contributed by atoms with Crippen LogP contribution in [0, 0.1) is 10.1 Å². The molecule has 0 amide bonds. The highest BCUT2D eigenvalue weighted by atomic mass is 32.2. The lowest BCUT2D eigenvalue weighted by Crippen LogP contribution is -2.36. The molecule has 0 saturated carbocycles. The number of rotatable bonds is 3. The summed E-state index contributed by atoms with van der Waals surface area (Å²) in [6.07, 6.45) is 3.06. The van der Waals surface area contributed by atoms with Crippen molar-refractivity contribution in [1.29, 1.82) is 0 Å². The van der Waals surface area contributed by atoms with Crippen molar-refractivity contribution in [1.82, 2.24) is 10.3 Å². The summed E-state index contributed by atoms with van der Waals surface area (Å²) in [6.45, 7) is 1.67. The van der Waals surface area contributed by atoms with Crippen molar-refractivity contribution < 1.29 is 9.13 Å². The number of nitrogens with one attached hydrogen (secondary N) is 1. The number of hydrogen-bond acceptors (Lipinski definition) is 5. The van der Waals surface area contributed by atoms with E-state index in [0.29, 0.717) is 11.6 Å². The molecule has 1 aliphatic heterocycles. The minimum Gasteiger partial charge on any atom is -0.316 e. The smallest absolute Gasteiger partial charge is 0.287 e. The molecule has 0 radical (unpaired) electrons. The highest BCUT2D eigenvalue weighted by Crippen LogP contribution is 2.17. The summed E-state index contributed by atoms with van der Waals surface area (Å²) in [7, 11) is -1.19. The van der Waals surface area contributed by atoms with E-state index in [9.17, 15) is 14.3 Å². The molecule has 1 aliphatic rings. The predicted octanol–water partition coefficient (Wildman–Crippen LogP) is 0.849. The largest absolute Gasteiger partial charge is 0.316 e. The van der Waals surface area contributed by atoms with Crippen molar-refractivity contribution in [2.45, 2.75) is 23.1 Å². The van der Waals surface area contributed by atoms with Gasteiger partial charge in [0, 0.05) is 12.6 Å². The van der Waals surface area contributed by atoms with E-state index in [0.717, 1.165) is 25.6 Å². The van der Waals surface area contributed by atoms with Crippen molar-refractivity contribution in [2.24, 2.45) is 0 Å². The van der Waals surface area contributed by atoms with Crippen LogP contribution in [0.25, 0.3) is 0 Å². The fraction of sp³-hybridized carbons (Fsp3) is 0.500. The van der Waals surface area contributed by atoms with Gasteiger partial charge in [0.1, 0.15) is 11.2 Å². The van der Waals surface area contributed by atoms with Crippen molar-refractivity contribution in [2.75, 3.05) is 13.1 Å². The summed E-state index contributed by atoms with van der Waals surface area (Å²) in [4.78, 5) is 13.9. The molecule has 1 N–H and O–H groups in total. The van der Waals surface area contributed by atoms with E-state index in [1.165, 1.54) is 12.1 Å². The first-order chi connectivity index (χ1) is 8.18. The molecule has 1 fully saturated rings. The lowest BCUT2D eigenvalue weighted by Gasteiger charge is -2.21. The van der Waals surface area contributed by atoms with E-state index in [1.807, 2.05) is 0 Å². The van der Waals surface area contributed by atoms with Gasteiger partial charge >= 0.3 is 0 Å². The molecule has 2 heterocycles. The van der Waals surface area contributed by atoms with E-state index in [2.05, 4.69) is 10.3 Å². The van der Waals surface area contributed by atoms with Gasteiger partial charge in [-0.2, -0.15) is 0 Å². The third kappa shape index (κ3) is 2.86. The van der Waals surface area contributed by atoms with Crippen LogP contribution in [-0.4, -0.2) is 32.5 Å². The summed E-state index contributed by atoms with van der Waals surface area (Å²) in [6, 6.07) is 2.82. The zero-order valence-corrected chi connectivity index (χ0v) is 9.98. The van der Waals surface area contributed by atoms with Gasteiger partial charge in [-0.1, -0.05) is 0 Å². The first kappa shape index (κ1) is 12.1. The Balaban J connectivity index is 2.10. The highest BCUT2D eigenvalue weighted by Gasteiger charge is 2.22. The third-order valence-corrected chi connectivity index (χ3v) is 4.35. The molecule has 1 saturated heterocycles. The molecule has 17 heavy (non-hydrogen) atoms. The maximum Gasteiger partial charge on any atom is 0.287 e. The van der Waals surface area contributed by atoms with Crippen LogP contribution in [0.4, 0.5) is 5.69 Å². The minimum atomic E-state index is -1.19. The fourth-order valence-electron chi connectivity index (χ4n) is 1.77. The van der Waals surface area contributed by atoms with Crippen molar-refractivity contribution >= 4 is 16.5 Å². The van der Waals surface area contributed by atoms with Crippen LogP contribution in [0.2, 0.25) is 0 Å². The second kappa shape index (κ2) is 5.33. The fourth-order valence-corrected chi connectivity index (χ4v) is 3.12. The minimum absolute atomic E-state index is 0.0534. The van der Waals surface area contributed by atoms with Crippen LogP contribution in [0.5, 0.6) is 0 Å². The van der Waals surface area contributed by atoms with E-state index in [1.54, 1.807) is 0 Å². The van der Waals surface area contributed by atoms with Crippen LogP contribution >= 0.6 is 0 Å². The number of nitrogens with zero attached hydrogens (tertiary/aromatic N) is 2. The molecule has 6 nitrogen and oxygen atoms in total. The van der Waals surface area contributed by atoms with Gasteiger partial charge < -0.3 is 5.32 Å². The Morgan fingerprint density at radius 3 is 2.88 bits per heavy atom. The van der Waals surface area contributed by atoms with Gasteiger partial charge in [-0.05, 0) is 25.5 Å². The standard InChI is InChI=1S/C10H13N3O3S/c14-13(15)8-3-4-10(12-6-8)17(16)9-2-1-5-11-7-9/h3-4,6,9,11H,1-2,5,7H2/t9-,17-/m0/s1. The monoisotopic (exact) mass is 255 g/mol. The van der Waals surface area contributed by atoms with Crippen molar-refractivity contribution in [3.05, 3.63) is 28.4 Å². The maximum absolute atomic E-state index is 12.1. The lowest BCUT2D eigenvalue weighted by molar-refractivity contribution is -0.385. The molecule has 0 spiro atoms. The van der Waals surface area contributed by atoms with Crippen molar-refractivity contribution in [3.8, 4) is 0 Å². The molecule has 0 aliphatic carbocycles. The van der Waals surface area contributed by atoms with Crippen LogP contribution in [0.15, 0.2) is 23.4 Å². The summed E-state index contributed by atoms with van der Waals surface area (Å²) >= 11 is 0. The van der Waals surface area contributed by atoms with E-state index in [-0.39, 0.29) is 10.9 Å². The normalized spacial score (nSPS) is 22.0. The van der Waals surface area contributed by atoms with Gasteiger partial charge in [0.25, 0.3) is 5.69 Å². The Hall–Kier alpha value is -1.34.